The van der Waals surface area contributed by atoms with Crippen molar-refractivity contribution in [2.24, 2.45) is 0 Å². The summed E-state index contributed by atoms with van der Waals surface area (Å²) in [5, 5.41) is 4.35. The molecular weight excluding hydrogens is 435 g/mol. The van der Waals surface area contributed by atoms with Crippen molar-refractivity contribution in [3.8, 4) is 5.75 Å². The van der Waals surface area contributed by atoms with Crippen LogP contribution in [-0.2, 0) is 6.54 Å². The second-order valence-corrected chi connectivity index (χ2v) is 7.02. The predicted octanol–water partition coefficient (Wildman–Crippen LogP) is 4.54. The molecule has 0 aliphatic carbocycles. The van der Waals surface area contributed by atoms with Crippen molar-refractivity contribution in [3.63, 3.8) is 0 Å². The lowest BCUT2D eigenvalue weighted by molar-refractivity contribution is 0.102. The molecule has 0 unspecified atom stereocenters. The Balaban J connectivity index is 0.00000210. The number of halogens is 3. The lowest BCUT2D eigenvalue weighted by Crippen LogP contribution is -2.18. The summed E-state index contributed by atoms with van der Waals surface area (Å²) in [6, 6.07) is 11.0. The lowest BCUT2D eigenvalue weighted by atomic mass is 10.1. The Kier molecular flexibility index (Phi) is 9.11. The van der Waals surface area contributed by atoms with Gasteiger partial charge in [0, 0.05) is 31.0 Å². The summed E-state index contributed by atoms with van der Waals surface area (Å²) in [4.78, 5) is 14.9. The maximum Gasteiger partial charge on any atom is 0.259 e. The SMILES string of the molecule is COc1cc(N)c(Cl)cc1C(=O)Nc1ccc2ccn(CCN(C)C)c2c1.Cl.Cl. The zero-order valence-electron chi connectivity index (χ0n) is 16.4. The molecule has 0 atom stereocenters. The van der Waals surface area contributed by atoms with Gasteiger partial charge in [-0.25, -0.2) is 0 Å². The van der Waals surface area contributed by atoms with Gasteiger partial charge in [-0.3, -0.25) is 4.79 Å². The molecule has 1 heterocycles. The fourth-order valence-electron chi connectivity index (χ4n) is 2.88. The van der Waals surface area contributed by atoms with Gasteiger partial charge in [0.15, 0.2) is 0 Å². The third kappa shape index (κ3) is 5.70. The van der Waals surface area contributed by atoms with E-state index in [2.05, 4.69) is 27.0 Å². The number of nitrogens with two attached hydrogens (primary N) is 1. The zero-order chi connectivity index (χ0) is 19.6. The molecule has 1 amide bonds. The van der Waals surface area contributed by atoms with Crippen molar-refractivity contribution >= 4 is 64.6 Å². The highest BCUT2D eigenvalue weighted by Gasteiger charge is 2.16. The number of methoxy groups -OCH3 is 1. The van der Waals surface area contributed by atoms with Gasteiger partial charge in [-0.2, -0.15) is 0 Å². The molecule has 0 spiro atoms. The fourth-order valence-corrected chi connectivity index (χ4v) is 3.04. The van der Waals surface area contributed by atoms with E-state index < -0.39 is 0 Å². The average Bonchev–Trinajstić information content (AvgIpc) is 3.04. The highest BCUT2D eigenvalue weighted by molar-refractivity contribution is 6.33. The smallest absolute Gasteiger partial charge is 0.259 e. The number of nitrogens with one attached hydrogen (secondary N) is 1. The van der Waals surface area contributed by atoms with Crippen molar-refractivity contribution < 1.29 is 9.53 Å². The van der Waals surface area contributed by atoms with E-state index in [0.29, 0.717) is 27.7 Å². The number of aromatic nitrogens is 1. The van der Waals surface area contributed by atoms with Gasteiger partial charge in [0.1, 0.15) is 5.75 Å². The number of anilines is 2. The van der Waals surface area contributed by atoms with E-state index in [9.17, 15) is 4.79 Å². The van der Waals surface area contributed by atoms with Gasteiger partial charge in [0.05, 0.1) is 28.9 Å². The molecule has 1 aromatic heterocycles. The summed E-state index contributed by atoms with van der Waals surface area (Å²) in [7, 11) is 5.58. The van der Waals surface area contributed by atoms with E-state index in [1.54, 1.807) is 6.07 Å². The number of nitrogens with zero attached hydrogens (tertiary/aromatic N) is 2. The molecule has 158 valence electrons. The van der Waals surface area contributed by atoms with E-state index in [1.165, 1.54) is 13.2 Å². The van der Waals surface area contributed by atoms with Gasteiger partial charge in [0.25, 0.3) is 5.91 Å². The average molecular weight is 460 g/mol. The Morgan fingerprint density at radius 3 is 2.59 bits per heavy atom. The van der Waals surface area contributed by atoms with Crippen molar-refractivity contribution in [1.82, 2.24) is 9.47 Å². The Bertz CT molecular complexity index is 989. The fraction of sp³-hybridized carbons (Fsp3) is 0.250. The first kappa shape index (κ1) is 24.9. The number of fused-ring (bicyclic) bond motifs is 1. The van der Waals surface area contributed by atoms with Gasteiger partial charge < -0.3 is 25.3 Å². The first-order valence-corrected chi connectivity index (χ1v) is 8.95. The third-order valence-electron chi connectivity index (χ3n) is 4.38. The van der Waals surface area contributed by atoms with E-state index in [0.717, 1.165) is 24.0 Å². The van der Waals surface area contributed by atoms with Crippen LogP contribution in [-0.4, -0.2) is 43.1 Å². The predicted molar refractivity (Wildman–Crippen MR) is 125 cm³/mol. The van der Waals surface area contributed by atoms with Crippen LogP contribution in [0.1, 0.15) is 10.4 Å². The molecule has 3 aromatic rings. The molecule has 0 saturated heterocycles. The molecule has 0 aliphatic heterocycles. The minimum Gasteiger partial charge on any atom is -0.496 e. The van der Waals surface area contributed by atoms with Crippen LogP contribution < -0.4 is 15.8 Å². The summed E-state index contributed by atoms with van der Waals surface area (Å²) < 4.78 is 7.44. The van der Waals surface area contributed by atoms with Crippen molar-refractivity contribution in [2.45, 2.75) is 6.54 Å². The minimum absolute atomic E-state index is 0. The molecule has 9 heteroatoms. The minimum atomic E-state index is -0.306. The first-order valence-electron chi connectivity index (χ1n) is 8.57. The summed E-state index contributed by atoms with van der Waals surface area (Å²) in [6.07, 6.45) is 2.06. The number of amides is 1. The molecule has 29 heavy (non-hydrogen) atoms. The highest BCUT2D eigenvalue weighted by Crippen LogP contribution is 2.30. The van der Waals surface area contributed by atoms with Gasteiger partial charge in [-0.15, -0.1) is 24.8 Å². The number of rotatable bonds is 6. The quantitative estimate of drug-likeness (QED) is 0.531. The molecule has 2 aromatic carbocycles. The van der Waals surface area contributed by atoms with Crippen LogP contribution >= 0.6 is 36.4 Å². The van der Waals surface area contributed by atoms with Crippen LogP contribution in [0.5, 0.6) is 5.75 Å². The van der Waals surface area contributed by atoms with Crippen LogP contribution in [0, 0.1) is 0 Å². The zero-order valence-corrected chi connectivity index (χ0v) is 18.8. The van der Waals surface area contributed by atoms with E-state index >= 15 is 0 Å². The summed E-state index contributed by atoms with van der Waals surface area (Å²) in [6.45, 7) is 1.80. The molecule has 0 fully saturated rings. The molecule has 0 saturated carbocycles. The lowest BCUT2D eigenvalue weighted by Gasteiger charge is -2.13. The van der Waals surface area contributed by atoms with Crippen molar-refractivity contribution in [1.29, 1.82) is 0 Å². The van der Waals surface area contributed by atoms with Crippen molar-refractivity contribution in [3.05, 3.63) is 53.2 Å². The van der Waals surface area contributed by atoms with Gasteiger partial charge >= 0.3 is 0 Å². The van der Waals surface area contributed by atoms with E-state index in [1.807, 2.05) is 32.3 Å². The third-order valence-corrected chi connectivity index (χ3v) is 4.71. The largest absolute Gasteiger partial charge is 0.496 e. The normalized spacial score (nSPS) is 10.4. The number of carbonyl (C=O) groups excluding carboxylic acids is 1. The Morgan fingerprint density at radius 2 is 1.93 bits per heavy atom. The standard InChI is InChI=1S/C20H23ClN4O2.2ClH/c1-24(2)8-9-25-7-6-13-4-5-14(10-18(13)25)23-20(26)15-11-16(21)17(22)12-19(15)27-3;;/h4-7,10-12H,8-9,22H2,1-3H3,(H,23,26);2*1H. The molecule has 3 rings (SSSR count). The molecule has 3 N–H and O–H groups in total. The Hall–Kier alpha value is -2.12. The number of ether oxygens (including phenoxy) is 1. The molecule has 6 nitrogen and oxygen atoms in total. The van der Waals surface area contributed by atoms with E-state index in [-0.39, 0.29) is 30.7 Å². The summed E-state index contributed by atoms with van der Waals surface area (Å²) in [5.74, 6) is 0.0735. The molecular formula is C20H25Cl3N4O2. The second kappa shape index (κ2) is 10.6. The Labute approximate surface area is 187 Å². The van der Waals surface area contributed by atoms with Crippen LogP contribution in [0.15, 0.2) is 42.6 Å². The summed E-state index contributed by atoms with van der Waals surface area (Å²) >= 11 is 6.07. The first-order chi connectivity index (χ1) is 12.9. The molecule has 0 radical (unpaired) electrons. The Morgan fingerprint density at radius 1 is 1.21 bits per heavy atom. The van der Waals surface area contributed by atoms with E-state index in [4.69, 9.17) is 22.1 Å². The molecule has 0 aliphatic rings. The number of hydrogen-bond acceptors (Lipinski definition) is 4. The van der Waals surface area contributed by atoms with Crippen LogP contribution in [0.4, 0.5) is 11.4 Å². The number of likely N-dealkylation sites (N-methyl/N-ethyl adjacent to an activating group) is 1. The topological polar surface area (TPSA) is 72.5 Å². The molecule has 0 bridgehead atoms. The number of hydrogen-bond donors (Lipinski definition) is 2. The maximum absolute atomic E-state index is 12.7. The van der Waals surface area contributed by atoms with Crippen LogP contribution in [0.3, 0.4) is 0 Å². The maximum atomic E-state index is 12.7. The number of benzene rings is 2. The van der Waals surface area contributed by atoms with Crippen LogP contribution in [0.25, 0.3) is 10.9 Å². The monoisotopic (exact) mass is 458 g/mol. The second-order valence-electron chi connectivity index (χ2n) is 6.61. The summed E-state index contributed by atoms with van der Waals surface area (Å²) in [5.41, 5.74) is 8.25. The van der Waals surface area contributed by atoms with Crippen molar-refractivity contribution in [2.75, 3.05) is 38.8 Å². The van der Waals surface area contributed by atoms with Crippen LogP contribution in [0.2, 0.25) is 5.02 Å². The van der Waals surface area contributed by atoms with Gasteiger partial charge in [0.2, 0.25) is 0 Å². The number of carbonyl (C=O) groups is 1. The number of nitrogen functional groups attached to an aromatic ring is 1. The van der Waals surface area contributed by atoms with Gasteiger partial charge in [-0.1, -0.05) is 17.7 Å². The van der Waals surface area contributed by atoms with Gasteiger partial charge in [-0.05, 0) is 43.7 Å². The highest BCUT2D eigenvalue weighted by atomic mass is 35.5.